The van der Waals surface area contributed by atoms with Crippen molar-refractivity contribution in [2.75, 3.05) is 11.5 Å². The summed E-state index contributed by atoms with van der Waals surface area (Å²) >= 11 is 1.86. The quantitative estimate of drug-likeness (QED) is 0.673. The Morgan fingerprint density at radius 3 is 3.08 bits per heavy atom. The number of hydrogen-bond donors (Lipinski definition) is 0. The first-order valence-corrected chi connectivity index (χ1v) is 5.56. The average molecular weight is 193 g/mol. The number of pyridine rings is 1. The molecule has 2 heterocycles. The van der Waals surface area contributed by atoms with Crippen LogP contribution in [0.25, 0.3) is 0 Å². The van der Waals surface area contributed by atoms with Gasteiger partial charge in [0, 0.05) is 17.9 Å². The van der Waals surface area contributed by atoms with Gasteiger partial charge in [-0.05, 0) is 24.3 Å². The zero-order chi connectivity index (χ0) is 9.10. The highest BCUT2D eigenvalue weighted by molar-refractivity contribution is 7.99. The number of ketones is 1. The molecular formula is C10H11NOS. The van der Waals surface area contributed by atoms with Crippen molar-refractivity contribution >= 4 is 17.5 Å². The van der Waals surface area contributed by atoms with E-state index in [1.165, 1.54) is 0 Å². The van der Waals surface area contributed by atoms with Crippen LogP contribution in [0.3, 0.4) is 0 Å². The van der Waals surface area contributed by atoms with E-state index >= 15 is 0 Å². The molecule has 1 aliphatic heterocycles. The molecule has 0 bridgehead atoms. The molecule has 1 aromatic heterocycles. The van der Waals surface area contributed by atoms with Crippen molar-refractivity contribution < 1.29 is 4.79 Å². The van der Waals surface area contributed by atoms with E-state index in [2.05, 4.69) is 4.98 Å². The fourth-order valence-electron chi connectivity index (χ4n) is 1.46. The SMILES string of the molecule is O=C(c1ccccn1)[C@H]1CCSC1. The number of Topliss-reactive ketones (excluding diaryl/α,β-unsaturated/α-hetero) is 1. The molecular weight excluding hydrogens is 182 g/mol. The number of nitrogens with zero attached hydrogens (tertiary/aromatic N) is 1. The lowest BCUT2D eigenvalue weighted by Gasteiger charge is -2.04. The summed E-state index contributed by atoms with van der Waals surface area (Å²) in [7, 11) is 0. The largest absolute Gasteiger partial charge is 0.292 e. The number of aromatic nitrogens is 1. The Labute approximate surface area is 81.8 Å². The maximum atomic E-state index is 11.8. The van der Waals surface area contributed by atoms with Crippen LogP contribution < -0.4 is 0 Å². The molecule has 1 saturated heterocycles. The summed E-state index contributed by atoms with van der Waals surface area (Å²) in [5, 5.41) is 0. The van der Waals surface area contributed by atoms with Crippen molar-refractivity contribution in [1.82, 2.24) is 4.98 Å². The Morgan fingerprint density at radius 2 is 2.46 bits per heavy atom. The third kappa shape index (κ3) is 1.91. The van der Waals surface area contributed by atoms with Crippen molar-refractivity contribution in [1.29, 1.82) is 0 Å². The predicted octanol–water partition coefficient (Wildman–Crippen LogP) is 2.02. The molecule has 0 saturated carbocycles. The van der Waals surface area contributed by atoms with Crippen molar-refractivity contribution in [3.8, 4) is 0 Å². The van der Waals surface area contributed by atoms with Gasteiger partial charge in [0.1, 0.15) is 5.69 Å². The Balaban J connectivity index is 2.13. The minimum Gasteiger partial charge on any atom is -0.292 e. The van der Waals surface area contributed by atoms with E-state index in [-0.39, 0.29) is 11.7 Å². The standard InChI is InChI=1S/C10H11NOS/c12-10(8-4-6-13-7-8)9-3-1-2-5-11-9/h1-3,5,8H,4,6-7H2/t8-/m0/s1. The van der Waals surface area contributed by atoms with Crippen LogP contribution in [-0.4, -0.2) is 22.3 Å². The maximum absolute atomic E-state index is 11.8. The average Bonchev–Trinajstić information content (AvgIpc) is 2.71. The first kappa shape index (κ1) is 8.75. The highest BCUT2D eigenvalue weighted by Crippen LogP contribution is 2.25. The summed E-state index contributed by atoms with van der Waals surface area (Å²) in [6.07, 6.45) is 2.69. The molecule has 1 aliphatic rings. The summed E-state index contributed by atoms with van der Waals surface area (Å²) in [5.41, 5.74) is 0.620. The van der Waals surface area contributed by atoms with Gasteiger partial charge in [-0.1, -0.05) is 6.07 Å². The predicted molar refractivity (Wildman–Crippen MR) is 54.0 cm³/mol. The van der Waals surface area contributed by atoms with E-state index in [0.717, 1.165) is 17.9 Å². The molecule has 0 unspecified atom stereocenters. The molecule has 2 nitrogen and oxygen atoms in total. The van der Waals surface area contributed by atoms with Crippen molar-refractivity contribution in [2.45, 2.75) is 6.42 Å². The lowest BCUT2D eigenvalue weighted by molar-refractivity contribution is 0.0928. The molecule has 0 radical (unpaired) electrons. The van der Waals surface area contributed by atoms with Crippen molar-refractivity contribution in [3.05, 3.63) is 30.1 Å². The van der Waals surface area contributed by atoms with Gasteiger partial charge in [0.25, 0.3) is 0 Å². The van der Waals surface area contributed by atoms with Crippen LogP contribution >= 0.6 is 11.8 Å². The van der Waals surface area contributed by atoms with Crippen LogP contribution in [0.1, 0.15) is 16.9 Å². The normalized spacial score (nSPS) is 21.7. The minimum absolute atomic E-state index is 0.208. The maximum Gasteiger partial charge on any atom is 0.185 e. The van der Waals surface area contributed by atoms with Gasteiger partial charge in [-0.3, -0.25) is 9.78 Å². The van der Waals surface area contributed by atoms with Crippen LogP contribution in [0.5, 0.6) is 0 Å². The summed E-state index contributed by atoms with van der Waals surface area (Å²) in [5.74, 6) is 2.50. The lowest BCUT2D eigenvalue weighted by atomic mass is 10.0. The first-order chi connectivity index (χ1) is 6.38. The third-order valence-electron chi connectivity index (χ3n) is 2.22. The Kier molecular flexibility index (Phi) is 2.64. The molecule has 0 spiro atoms. The van der Waals surface area contributed by atoms with Crippen LogP contribution in [0.2, 0.25) is 0 Å². The fraction of sp³-hybridized carbons (Fsp3) is 0.400. The molecule has 0 amide bonds. The molecule has 1 aromatic rings. The summed E-state index contributed by atoms with van der Waals surface area (Å²) in [6, 6.07) is 5.49. The van der Waals surface area contributed by atoms with E-state index in [0.29, 0.717) is 5.69 Å². The van der Waals surface area contributed by atoms with E-state index in [1.54, 1.807) is 12.3 Å². The number of carbonyl (C=O) groups excluding carboxylic acids is 1. The number of thioether (sulfide) groups is 1. The second-order valence-corrected chi connectivity index (χ2v) is 4.29. The molecule has 68 valence electrons. The Bertz CT molecular complexity index is 293. The van der Waals surface area contributed by atoms with Crippen molar-refractivity contribution in [3.63, 3.8) is 0 Å². The second-order valence-electron chi connectivity index (χ2n) is 3.14. The smallest absolute Gasteiger partial charge is 0.185 e. The molecule has 3 heteroatoms. The van der Waals surface area contributed by atoms with Gasteiger partial charge < -0.3 is 0 Å². The van der Waals surface area contributed by atoms with Gasteiger partial charge >= 0.3 is 0 Å². The van der Waals surface area contributed by atoms with Gasteiger partial charge in [0.2, 0.25) is 0 Å². The number of carbonyl (C=O) groups is 1. The van der Waals surface area contributed by atoms with E-state index in [1.807, 2.05) is 23.9 Å². The molecule has 1 fully saturated rings. The molecule has 0 aliphatic carbocycles. The molecule has 2 rings (SSSR count). The van der Waals surface area contributed by atoms with Gasteiger partial charge in [-0.15, -0.1) is 0 Å². The zero-order valence-corrected chi connectivity index (χ0v) is 8.09. The van der Waals surface area contributed by atoms with Gasteiger partial charge in [0.15, 0.2) is 5.78 Å². The topological polar surface area (TPSA) is 30.0 Å². The highest BCUT2D eigenvalue weighted by Gasteiger charge is 2.24. The van der Waals surface area contributed by atoms with Gasteiger partial charge in [0.05, 0.1) is 0 Å². The lowest BCUT2D eigenvalue weighted by Crippen LogP contribution is -2.14. The molecule has 0 N–H and O–H groups in total. The van der Waals surface area contributed by atoms with Crippen LogP contribution in [-0.2, 0) is 0 Å². The van der Waals surface area contributed by atoms with E-state index in [4.69, 9.17) is 0 Å². The van der Waals surface area contributed by atoms with Crippen molar-refractivity contribution in [2.24, 2.45) is 5.92 Å². The van der Waals surface area contributed by atoms with E-state index in [9.17, 15) is 4.79 Å². The minimum atomic E-state index is 0.208. The summed E-state index contributed by atoms with van der Waals surface area (Å²) in [6.45, 7) is 0. The van der Waals surface area contributed by atoms with Crippen LogP contribution in [0, 0.1) is 5.92 Å². The zero-order valence-electron chi connectivity index (χ0n) is 7.27. The molecule has 13 heavy (non-hydrogen) atoms. The highest BCUT2D eigenvalue weighted by atomic mass is 32.2. The fourth-order valence-corrected chi connectivity index (χ4v) is 2.68. The van der Waals surface area contributed by atoms with Gasteiger partial charge in [-0.25, -0.2) is 0 Å². The number of hydrogen-bond acceptors (Lipinski definition) is 3. The van der Waals surface area contributed by atoms with Crippen LogP contribution in [0.15, 0.2) is 24.4 Å². The number of rotatable bonds is 2. The first-order valence-electron chi connectivity index (χ1n) is 4.41. The molecule has 1 atom stereocenters. The van der Waals surface area contributed by atoms with E-state index < -0.39 is 0 Å². The van der Waals surface area contributed by atoms with Crippen LogP contribution in [0.4, 0.5) is 0 Å². The summed E-state index contributed by atoms with van der Waals surface area (Å²) in [4.78, 5) is 15.8. The summed E-state index contributed by atoms with van der Waals surface area (Å²) < 4.78 is 0. The Morgan fingerprint density at radius 1 is 1.54 bits per heavy atom. The molecule has 0 aromatic carbocycles. The van der Waals surface area contributed by atoms with Gasteiger partial charge in [-0.2, -0.15) is 11.8 Å². The second kappa shape index (κ2) is 3.92. The third-order valence-corrected chi connectivity index (χ3v) is 3.38. The monoisotopic (exact) mass is 193 g/mol. The Hall–Kier alpha value is -0.830.